The largest absolute Gasteiger partial charge is 0.452 e. The summed E-state index contributed by atoms with van der Waals surface area (Å²) in [5, 5.41) is 3.54. The zero-order valence-electron chi connectivity index (χ0n) is 11.2. The number of furan rings is 1. The first-order valence-corrected chi connectivity index (χ1v) is 7.36. The highest BCUT2D eigenvalue weighted by Crippen LogP contribution is 2.29. The van der Waals surface area contributed by atoms with Gasteiger partial charge in [-0.2, -0.15) is 0 Å². The number of hydrogen-bond donors (Lipinski definition) is 1. The van der Waals surface area contributed by atoms with Crippen molar-refractivity contribution < 1.29 is 4.42 Å². The van der Waals surface area contributed by atoms with Crippen molar-refractivity contribution >= 4 is 31.9 Å². The SMILES string of the molecule is CC(C)(C)CC(C)(C)NCc1cc(Br)c(Br)o1. The normalized spacial score (nSPS) is 13.1. The molecule has 0 amide bonds. The van der Waals surface area contributed by atoms with Crippen molar-refractivity contribution in [3.63, 3.8) is 0 Å². The maximum absolute atomic E-state index is 5.55. The monoisotopic (exact) mass is 365 g/mol. The van der Waals surface area contributed by atoms with E-state index in [1.807, 2.05) is 6.07 Å². The maximum atomic E-state index is 5.55. The fourth-order valence-corrected chi connectivity index (χ4v) is 2.85. The Morgan fingerprint density at radius 3 is 2.18 bits per heavy atom. The van der Waals surface area contributed by atoms with E-state index in [-0.39, 0.29) is 5.54 Å². The third-order valence-electron chi connectivity index (χ3n) is 2.41. The van der Waals surface area contributed by atoms with Crippen LogP contribution in [0.3, 0.4) is 0 Å². The third-order valence-corrected chi connectivity index (χ3v) is 4.12. The van der Waals surface area contributed by atoms with Crippen molar-refractivity contribution in [2.24, 2.45) is 5.41 Å². The summed E-state index contributed by atoms with van der Waals surface area (Å²) in [7, 11) is 0. The van der Waals surface area contributed by atoms with E-state index in [0.717, 1.165) is 27.9 Å². The summed E-state index contributed by atoms with van der Waals surface area (Å²) in [5.41, 5.74) is 0.421. The molecule has 0 unspecified atom stereocenters. The van der Waals surface area contributed by atoms with Gasteiger partial charge < -0.3 is 9.73 Å². The lowest BCUT2D eigenvalue weighted by atomic mass is 9.82. The molecule has 1 heterocycles. The maximum Gasteiger partial charge on any atom is 0.183 e. The molecule has 0 aromatic carbocycles. The van der Waals surface area contributed by atoms with E-state index in [1.54, 1.807) is 0 Å². The van der Waals surface area contributed by atoms with Crippen LogP contribution in [0.1, 0.15) is 46.8 Å². The topological polar surface area (TPSA) is 25.2 Å². The number of halogens is 2. The molecule has 0 spiro atoms. The van der Waals surface area contributed by atoms with Crippen LogP contribution in [-0.4, -0.2) is 5.54 Å². The molecule has 0 aliphatic heterocycles. The molecule has 0 aliphatic rings. The van der Waals surface area contributed by atoms with Crippen LogP contribution in [0.25, 0.3) is 0 Å². The minimum Gasteiger partial charge on any atom is -0.452 e. The second kappa shape index (κ2) is 5.45. The minimum atomic E-state index is 0.101. The van der Waals surface area contributed by atoms with Gasteiger partial charge in [-0.15, -0.1) is 0 Å². The predicted molar refractivity (Wildman–Crippen MR) is 79.1 cm³/mol. The fourth-order valence-electron chi connectivity index (χ4n) is 2.19. The van der Waals surface area contributed by atoms with Crippen LogP contribution in [0.2, 0.25) is 0 Å². The standard InChI is InChI=1S/C13H21Br2NO/c1-12(2,3)8-13(4,5)16-7-9-6-10(14)11(15)17-9/h6,16H,7-8H2,1-5H3. The molecule has 4 heteroatoms. The summed E-state index contributed by atoms with van der Waals surface area (Å²) in [6, 6.07) is 1.99. The highest BCUT2D eigenvalue weighted by molar-refractivity contribution is 9.13. The highest BCUT2D eigenvalue weighted by Gasteiger charge is 2.25. The van der Waals surface area contributed by atoms with Crippen LogP contribution >= 0.6 is 31.9 Å². The Morgan fingerprint density at radius 1 is 1.18 bits per heavy atom. The van der Waals surface area contributed by atoms with E-state index < -0.39 is 0 Å². The molecule has 0 saturated carbocycles. The first-order chi connectivity index (χ1) is 7.59. The molecular formula is C13H21Br2NO. The Bertz CT molecular complexity index is 358. The molecule has 1 rings (SSSR count). The average Bonchev–Trinajstić information content (AvgIpc) is 2.39. The zero-order chi connectivity index (χ0) is 13.3. The molecule has 0 aliphatic carbocycles. The molecule has 0 fully saturated rings. The van der Waals surface area contributed by atoms with Crippen LogP contribution in [0, 0.1) is 5.41 Å². The molecule has 0 radical (unpaired) electrons. The molecule has 0 atom stereocenters. The minimum absolute atomic E-state index is 0.101. The van der Waals surface area contributed by atoms with Gasteiger partial charge in [-0.1, -0.05) is 20.8 Å². The lowest BCUT2D eigenvalue weighted by Crippen LogP contribution is -2.41. The first kappa shape index (κ1) is 15.3. The van der Waals surface area contributed by atoms with E-state index >= 15 is 0 Å². The van der Waals surface area contributed by atoms with Gasteiger partial charge >= 0.3 is 0 Å². The Kier molecular flexibility index (Phi) is 4.89. The van der Waals surface area contributed by atoms with Crippen LogP contribution in [-0.2, 0) is 6.54 Å². The lowest BCUT2D eigenvalue weighted by Gasteiger charge is -2.33. The van der Waals surface area contributed by atoms with E-state index in [2.05, 4.69) is 71.8 Å². The van der Waals surface area contributed by atoms with Gasteiger partial charge in [0.2, 0.25) is 0 Å². The molecule has 0 bridgehead atoms. The molecule has 2 nitrogen and oxygen atoms in total. The Balaban J connectivity index is 2.55. The van der Waals surface area contributed by atoms with Gasteiger partial charge in [-0.25, -0.2) is 0 Å². The van der Waals surface area contributed by atoms with E-state index in [0.29, 0.717) is 5.41 Å². The molecule has 1 N–H and O–H groups in total. The van der Waals surface area contributed by atoms with Crippen LogP contribution in [0.5, 0.6) is 0 Å². The quantitative estimate of drug-likeness (QED) is 0.800. The van der Waals surface area contributed by atoms with Crippen LogP contribution in [0.4, 0.5) is 0 Å². The van der Waals surface area contributed by atoms with Crippen LogP contribution in [0.15, 0.2) is 19.6 Å². The van der Waals surface area contributed by atoms with Crippen molar-refractivity contribution in [3.05, 3.63) is 21.0 Å². The molecular weight excluding hydrogens is 346 g/mol. The predicted octanol–water partition coefficient (Wildman–Crippen LogP) is 5.11. The number of nitrogens with one attached hydrogen (secondary N) is 1. The van der Waals surface area contributed by atoms with E-state index in [1.165, 1.54) is 0 Å². The van der Waals surface area contributed by atoms with Crippen molar-refractivity contribution in [2.75, 3.05) is 0 Å². The van der Waals surface area contributed by atoms with Crippen molar-refractivity contribution in [1.29, 1.82) is 0 Å². The van der Waals surface area contributed by atoms with Gasteiger partial charge in [0.15, 0.2) is 4.67 Å². The van der Waals surface area contributed by atoms with E-state index in [4.69, 9.17) is 4.42 Å². The lowest BCUT2D eigenvalue weighted by molar-refractivity contribution is 0.235. The zero-order valence-corrected chi connectivity index (χ0v) is 14.3. The summed E-state index contributed by atoms with van der Waals surface area (Å²) in [5.74, 6) is 0.936. The van der Waals surface area contributed by atoms with Crippen LogP contribution < -0.4 is 5.32 Å². The number of hydrogen-bond acceptors (Lipinski definition) is 2. The Hall–Kier alpha value is 0.200. The summed E-state index contributed by atoms with van der Waals surface area (Å²) in [6.45, 7) is 12.0. The fraction of sp³-hybridized carbons (Fsp3) is 0.692. The van der Waals surface area contributed by atoms with Gasteiger partial charge in [0.1, 0.15) is 5.76 Å². The average molecular weight is 367 g/mol. The Morgan fingerprint density at radius 2 is 1.76 bits per heavy atom. The second-order valence-corrected chi connectivity index (χ2v) is 7.88. The molecule has 0 saturated heterocycles. The van der Waals surface area contributed by atoms with Gasteiger partial charge in [-0.05, 0) is 63.6 Å². The van der Waals surface area contributed by atoms with Crippen molar-refractivity contribution in [2.45, 2.75) is 53.1 Å². The summed E-state index contributed by atoms with van der Waals surface area (Å²) < 4.78 is 7.26. The smallest absolute Gasteiger partial charge is 0.183 e. The molecule has 98 valence electrons. The highest BCUT2D eigenvalue weighted by atomic mass is 79.9. The van der Waals surface area contributed by atoms with Gasteiger partial charge in [0.05, 0.1) is 11.0 Å². The third kappa shape index (κ3) is 5.58. The molecule has 17 heavy (non-hydrogen) atoms. The van der Waals surface area contributed by atoms with Gasteiger partial charge in [0, 0.05) is 5.54 Å². The molecule has 1 aromatic heterocycles. The van der Waals surface area contributed by atoms with Gasteiger partial charge in [-0.3, -0.25) is 0 Å². The van der Waals surface area contributed by atoms with Gasteiger partial charge in [0.25, 0.3) is 0 Å². The second-order valence-electron chi connectivity index (χ2n) is 6.31. The Labute approximate surface area is 121 Å². The van der Waals surface area contributed by atoms with E-state index in [9.17, 15) is 0 Å². The first-order valence-electron chi connectivity index (χ1n) is 5.78. The molecule has 1 aromatic rings. The summed E-state index contributed by atoms with van der Waals surface area (Å²) in [6.07, 6.45) is 1.11. The van der Waals surface area contributed by atoms with Crippen molar-refractivity contribution in [1.82, 2.24) is 5.32 Å². The summed E-state index contributed by atoms with van der Waals surface area (Å²) >= 11 is 6.76. The number of rotatable bonds is 4. The van der Waals surface area contributed by atoms with Crippen molar-refractivity contribution in [3.8, 4) is 0 Å². The summed E-state index contributed by atoms with van der Waals surface area (Å²) in [4.78, 5) is 0.